The summed E-state index contributed by atoms with van der Waals surface area (Å²) >= 11 is 0. The second-order valence-corrected chi connectivity index (χ2v) is 8.74. The Morgan fingerprint density at radius 1 is 1.21 bits per heavy atom. The molecule has 0 amide bonds. The molecule has 3 rings (SSSR count). The number of benzene rings is 1. The number of fused-ring (bicyclic) bond motifs is 2. The maximum absolute atomic E-state index is 13.4. The number of rotatable bonds is 5. The number of allylic oxidation sites excluding steroid dienone is 2. The number of carbonyl (C=O) groups is 2. The minimum absolute atomic E-state index is 0.0255. The van der Waals surface area contributed by atoms with Gasteiger partial charge >= 0.3 is 5.63 Å². The van der Waals surface area contributed by atoms with E-state index >= 15 is 0 Å². The lowest BCUT2D eigenvalue weighted by Gasteiger charge is -2.44. The van der Waals surface area contributed by atoms with Crippen molar-refractivity contribution in [2.45, 2.75) is 59.5 Å². The molecule has 0 aliphatic carbocycles. The molecule has 1 aromatic heterocycles. The van der Waals surface area contributed by atoms with Gasteiger partial charge in [0.2, 0.25) is 0 Å². The molecule has 0 saturated carbocycles. The molecule has 1 aliphatic rings. The highest BCUT2D eigenvalue weighted by Gasteiger charge is 2.50. The summed E-state index contributed by atoms with van der Waals surface area (Å²) in [6.07, 6.45) is 2.16. The van der Waals surface area contributed by atoms with Gasteiger partial charge in [-0.1, -0.05) is 19.9 Å². The molecule has 29 heavy (non-hydrogen) atoms. The number of hydrogen-bond acceptors (Lipinski definition) is 5. The van der Waals surface area contributed by atoms with Gasteiger partial charge in [-0.25, -0.2) is 4.79 Å². The lowest BCUT2D eigenvalue weighted by atomic mass is 9.68. The van der Waals surface area contributed by atoms with Crippen molar-refractivity contribution in [2.75, 3.05) is 0 Å². The van der Waals surface area contributed by atoms with E-state index in [-0.39, 0.29) is 17.5 Å². The number of hydrogen-bond donors (Lipinski definition) is 0. The molecule has 2 atom stereocenters. The van der Waals surface area contributed by atoms with Crippen molar-refractivity contribution in [3.8, 4) is 5.75 Å². The third-order valence-electron chi connectivity index (χ3n) is 5.60. The first-order valence-corrected chi connectivity index (χ1v) is 10.0. The minimum atomic E-state index is -0.879. The Hall–Kier alpha value is -2.69. The van der Waals surface area contributed by atoms with Crippen LogP contribution in [-0.4, -0.2) is 17.2 Å². The number of ketones is 2. The van der Waals surface area contributed by atoms with Crippen LogP contribution >= 0.6 is 0 Å². The maximum Gasteiger partial charge on any atom is 0.336 e. The Balaban J connectivity index is 2.26. The molecule has 5 nitrogen and oxygen atoms in total. The van der Waals surface area contributed by atoms with Crippen molar-refractivity contribution in [3.63, 3.8) is 0 Å². The monoisotopic (exact) mass is 396 g/mol. The molecule has 2 aromatic rings. The van der Waals surface area contributed by atoms with Crippen LogP contribution in [0, 0.1) is 11.8 Å². The normalized spacial score (nSPS) is 21.0. The van der Waals surface area contributed by atoms with E-state index in [1.54, 1.807) is 25.1 Å². The summed E-state index contributed by atoms with van der Waals surface area (Å²) in [5.74, 6) is -0.640. The van der Waals surface area contributed by atoms with E-state index in [1.165, 1.54) is 6.07 Å². The van der Waals surface area contributed by atoms with E-state index in [0.29, 0.717) is 34.3 Å². The molecule has 0 unspecified atom stereocenters. The number of ether oxygens (including phenoxy) is 1. The third-order valence-corrected chi connectivity index (χ3v) is 5.60. The van der Waals surface area contributed by atoms with Crippen molar-refractivity contribution < 1.29 is 18.7 Å². The molecule has 0 radical (unpaired) electrons. The van der Waals surface area contributed by atoms with Gasteiger partial charge in [-0.3, -0.25) is 9.59 Å². The Kier molecular flexibility index (Phi) is 5.52. The van der Waals surface area contributed by atoms with Crippen LogP contribution < -0.4 is 10.4 Å². The molecule has 154 valence electrons. The Bertz CT molecular complexity index is 1050. The van der Waals surface area contributed by atoms with E-state index in [2.05, 4.69) is 0 Å². The van der Waals surface area contributed by atoms with Crippen LogP contribution in [0.3, 0.4) is 0 Å². The van der Waals surface area contributed by atoms with Gasteiger partial charge in [0.1, 0.15) is 22.7 Å². The smallest absolute Gasteiger partial charge is 0.336 e. The molecule has 5 heteroatoms. The Labute approximate surface area is 170 Å². The fourth-order valence-electron chi connectivity index (χ4n) is 4.16. The number of carbonyl (C=O) groups excluding carboxylic acids is 2. The first-order chi connectivity index (χ1) is 13.5. The third kappa shape index (κ3) is 3.91. The van der Waals surface area contributed by atoms with Gasteiger partial charge in [0.05, 0.1) is 11.8 Å². The fraction of sp³-hybridized carbons (Fsp3) is 0.458. The van der Waals surface area contributed by atoms with Crippen LogP contribution in [-0.2, 0) is 9.59 Å². The zero-order valence-electron chi connectivity index (χ0n) is 17.9. The van der Waals surface area contributed by atoms with Gasteiger partial charge in [-0.15, -0.1) is 0 Å². The number of Topliss-reactive ketones (excluding diaryl/α,β-unsaturated/α-hetero) is 2. The van der Waals surface area contributed by atoms with Gasteiger partial charge in [0, 0.05) is 29.5 Å². The topological polar surface area (TPSA) is 73.6 Å². The zero-order chi connectivity index (χ0) is 21.5. The first kappa shape index (κ1) is 21.0. The summed E-state index contributed by atoms with van der Waals surface area (Å²) in [6, 6.07) is 6.47. The van der Waals surface area contributed by atoms with Crippen LogP contribution in [0.1, 0.15) is 59.4 Å². The van der Waals surface area contributed by atoms with Crippen LogP contribution in [0.25, 0.3) is 11.0 Å². The molecule has 0 saturated heterocycles. The first-order valence-electron chi connectivity index (χ1n) is 10.0. The average molecular weight is 396 g/mol. The minimum Gasteiger partial charge on any atom is -0.487 e. The van der Waals surface area contributed by atoms with Gasteiger partial charge in [0.25, 0.3) is 0 Å². The van der Waals surface area contributed by atoms with Crippen molar-refractivity contribution in [1.29, 1.82) is 0 Å². The predicted octanol–water partition coefficient (Wildman–Crippen LogP) is 4.81. The van der Waals surface area contributed by atoms with Gasteiger partial charge < -0.3 is 9.15 Å². The highest BCUT2D eigenvalue weighted by Crippen LogP contribution is 2.48. The van der Waals surface area contributed by atoms with Crippen LogP contribution in [0.5, 0.6) is 5.75 Å². The molecule has 1 aliphatic heterocycles. The average Bonchev–Trinajstić information content (AvgIpc) is 2.62. The molecule has 0 bridgehead atoms. The summed E-state index contributed by atoms with van der Waals surface area (Å²) in [6.45, 7) is 11.3. The lowest BCUT2D eigenvalue weighted by molar-refractivity contribution is -0.137. The van der Waals surface area contributed by atoms with E-state index in [9.17, 15) is 14.4 Å². The summed E-state index contributed by atoms with van der Waals surface area (Å²) in [5.41, 5.74) is 0.346. The molecular weight excluding hydrogens is 368 g/mol. The lowest BCUT2D eigenvalue weighted by Crippen LogP contribution is -2.50. The summed E-state index contributed by atoms with van der Waals surface area (Å²) in [5, 5.41) is 0.692. The predicted molar refractivity (Wildman–Crippen MR) is 112 cm³/mol. The molecule has 0 fully saturated rings. The van der Waals surface area contributed by atoms with Crippen LogP contribution in [0.15, 0.2) is 45.1 Å². The van der Waals surface area contributed by atoms with Crippen molar-refractivity contribution >= 4 is 22.5 Å². The van der Waals surface area contributed by atoms with Gasteiger partial charge in [-0.05, 0) is 51.3 Å². The van der Waals surface area contributed by atoms with Crippen LogP contribution in [0.4, 0.5) is 0 Å². The Morgan fingerprint density at radius 2 is 1.90 bits per heavy atom. The van der Waals surface area contributed by atoms with E-state index in [1.807, 2.05) is 40.7 Å². The highest BCUT2D eigenvalue weighted by molar-refractivity contribution is 6.04. The van der Waals surface area contributed by atoms with E-state index < -0.39 is 23.1 Å². The zero-order valence-corrected chi connectivity index (χ0v) is 17.9. The standard InChI is InChI=1S/C24H28O5/c1-7-14(4)23(27)21-16-11-15-8-9-20(26)28-18(15)12-19(16)29-24(5,6)22(21)17(25)10-13(2)3/h7-9,11-13,21-22H,10H2,1-6H3/b14-7+/t21-,22+/m0/s1. The fourth-order valence-corrected chi connectivity index (χ4v) is 4.16. The van der Waals surface area contributed by atoms with Gasteiger partial charge in [-0.2, -0.15) is 0 Å². The molecular formula is C24H28O5. The van der Waals surface area contributed by atoms with Crippen LogP contribution in [0.2, 0.25) is 0 Å². The largest absolute Gasteiger partial charge is 0.487 e. The summed E-state index contributed by atoms with van der Waals surface area (Å²) in [4.78, 5) is 38.3. The van der Waals surface area contributed by atoms with E-state index in [0.717, 1.165) is 0 Å². The van der Waals surface area contributed by atoms with Crippen molar-refractivity contribution in [3.05, 3.63) is 51.9 Å². The quantitative estimate of drug-likeness (QED) is 0.535. The highest BCUT2D eigenvalue weighted by atomic mass is 16.5. The second kappa shape index (κ2) is 7.62. The van der Waals surface area contributed by atoms with Gasteiger partial charge in [0.15, 0.2) is 5.78 Å². The molecule has 0 spiro atoms. The Morgan fingerprint density at radius 3 is 2.52 bits per heavy atom. The summed E-state index contributed by atoms with van der Waals surface area (Å²) in [7, 11) is 0. The van der Waals surface area contributed by atoms with Crippen molar-refractivity contribution in [2.24, 2.45) is 11.8 Å². The summed E-state index contributed by atoms with van der Waals surface area (Å²) < 4.78 is 11.5. The second-order valence-electron chi connectivity index (χ2n) is 8.74. The maximum atomic E-state index is 13.4. The molecule has 1 aromatic carbocycles. The molecule has 0 N–H and O–H groups in total. The van der Waals surface area contributed by atoms with E-state index in [4.69, 9.17) is 9.15 Å². The van der Waals surface area contributed by atoms with Crippen molar-refractivity contribution in [1.82, 2.24) is 0 Å². The SMILES string of the molecule is C/C=C(\C)C(=O)[C@H]1c2cc3ccc(=O)oc3cc2OC(C)(C)[C@@H]1C(=O)CC(C)C. The molecule has 2 heterocycles.